The van der Waals surface area contributed by atoms with E-state index in [-0.39, 0.29) is 16.7 Å². The second kappa shape index (κ2) is 7.85. The van der Waals surface area contributed by atoms with E-state index < -0.39 is 0 Å². The fourth-order valence-electron chi connectivity index (χ4n) is 1.81. The molecule has 2 aromatic rings. The summed E-state index contributed by atoms with van der Waals surface area (Å²) in [6.45, 7) is 7.75. The van der Waals surface area contributed by atoms with Crippen LogP contribution in [-0.4, -0.2) is 34.0 Å². The largest absolute Gasteiger partial charge is 0.497 e. The lowest BCUT2D eigenvalue weighted by atomic mass is 10.1. The Hall–Kier alpha value is -1.80. The smallest absolute Gasteiger partial charge is 0.233 e. The minimum absolute atomic E-state index is 0.00925. The first-order chi connectivity index (χ1) is 11.3. The van der Waals surface area contributed by atoms with E-state index in [2.05, 4.69) is 20.8 Å². The van der Waals surface area contributed by atoms with Gasteiger partial charge in [0.2, 0.25) is 11.0 Å². The molecule has 2 N–H and O–H groups in total. The van der Waals surface area contributed by atoms with Gasteiger partial charge in [-0.1, -0.05) is 29.2 Å². The highest BCUT2D eigenvalue weighted by molar-refractivity contribution is 8.02. The first-order valence-electron chi connectivity index (χ1n) is 7.50. The predicted octanol–water partition coefficient (Wildman–Crippen LogP) is 3.69. The summed E-state index contributed by atoms with van der Waals surface area (Å²) in [7, 11) is 1.63. The molecule has 0 aliphatic carbocycles. The van der Waals surface area contributed by atoms with Gasteiger partial charge in [-0.2, -0.15) is 0 Å². The van der Waals surface area contributed by atoms with E-state index in [1.807, 2.05) is 52.0 Å². The van der Waals surface area contributed by atoms with Crippen LogP contribution in [0.2, 0.25) is 0 Å². The highest BCUT2D eigenvalue weighted by atomic mass is 32.2. The zero-order valence-corrected chi connectivity index (χ0v) is 16.0. The van der Waals surface area contributed by atoms with Crippen LogP contribution in [0.1, 0.15) is 27.7 Å². The predicted molar refractivity (Wildman–Crippen MR) is 99.4 cm³/mol. The Morgan fingerprint density at radius 3 is 2.75 bits per heavy atom. The first kappa shape index (κ1) is 18.5. The molecule has 0 saturated heterocycles. The fourth-order valence-corrected chi connectivity index (χ4v) is 3.72. The van der Waals surface area contributed by atoms with Gasteiger partial charge in [0.05, 0.1) is 12.4 Å². The van der Waals surface area contributed by atoms with Gasteiger partial charge in [-0.05, 0) is 39.8 Å². The lowest BCUT2D eigenvalue weighted by Gasteiger charge is -2.22. The summed E-state index contributed by atoms with van der Waals surface area (Å²) in [5.74, 6) is 0.761. The zero-order chi connectivity index (χ0) is 17.7. The maximum absolute atomic E-state index is 12.1. The molecule has 1 atom stereocenters. The minimum Gasteiger partial charge on any atom is -0.497 e. The van der Waals surface area contributed by atoms with Gasteiger partial charge in [-0.3, -0.25) is 4.79 Å². The number of benzene rings is 1. The molecule has 1 heterocycles. The summed E-state index contributed by atoms with van der Waals surface area (Å²) < 4.78 is 5.94. The van der Waals surface area contributed by atoms with Gasteiger partial charge in [-0.15, -0.1) is 10.2 Å². The van der Waals surface area contributed by atoms with Crippen LogP contribution in [0.3, 0.4) is 0 Å². The van der Waals surface area contributed by atoms with E-state index in [4.69, 9.17) is 4.74 Å². The second-order valence-electron chi connectivity index (χ2n) is 6.23. The summed E-state index contributed by atoms with van der Waals surface area (Å²) in [4.78, 5) is 12.1. The lowest BCUT2D eigenvalue weighted by molar-refractivity contribution is -0.121. The molecular weight excluding hydrogens is 344 g/mol. The molecule has 24 heavy (non-hydrogen) atoms. The van der Waals surface area contributed by atoms with Gasteiger partial charge in [-0.25, -0.2) is 0 Å². The van der Waals surface area contributed by atoms with Gasteiger partial charge in [0.25, 0.3) is 0 Å². The number of amides is 1. The molecule has 130 valence electrons. The number of nitrogens with zero attached hydrogens (tertiary/aromatic N) is 2. The summed E-state index contributed by atoms with van der Waals surface area (Å²) >= 11 is 2.81. The molecule has 2 rings (SSSR count). The standard InChI is InChI=1S/C16H22N4O2S2/c1-10(13(21)18-16(2,3)4)23-15-20-19-14(24-15)17-11-7-6-8-12(9-11)22-5/h6-10H,1-5H3,(H,17,19)(H,18,21). The third kappa shape index (κ3) is 5.68. The average Bonchev–Trinajstić information content (AvgIpc) is 2.92. The van der Waals surface area contributed by atoms with Crippen molar-refractivity contribution in [3.63, 3.8) is 0 Å². The molecule has 1 amide bonds. The minimum atomic E-state index is -0.244. The Balaban J connectivity index is 1.96. The number of carbonyl (C=O) groups excluding carboxylic acids is 1. The van der Waals surface area contributed by atoms with Crippen molar-refractivity contribution >= 4 is 39.8 Å². The van der Waals surface area contributed by atoms with Crippen molar-refractivity contribution in [2.75, 3.05) is 12.4 Å². The molecular formula is C16H22N4O2S2. The number of rotatable bonds is 6. The van der Waals surface area contributed by atoms with Gasteiger partial charge in [0.1, 0.15) is 5.75 Å². The molecule has 0 spiro atoms. The highest BCUT2D eigenvalue weighted by Crippen LogP contribution is 2.31. The summed E-state index contributed by atoms with van der Waals surface area (Å²) in [6.07, 6.45) is 0. The fraction of sp³-hybridized carbons (Fsp3) is 0.438. The molecule has 0 bridgehead atoms. The number of anilines is 2. The maximum atomic E-state index is 12.1. The number of carbonyl (C=O) groups is 1. The van der Waals surface area contributed by atoms with Crippen molar-refractivity contribution in [3.05, 3.63) is 24.3 Å². The van der Waals surface area contributed by atoms with Crippen LogP contribution in [0.15, 0.2) is 28.6 Å². The number of hydrogen-bond donors (Lipinski definition) is 2. The van der Waals surface area contributed by atoms with E-state index in [1.54, 1.807) is 7.11 Å². The quantitative estimate of drug-likeness (QED) is 0.760. The Kier molecular flexibility index (Phi) is 6.06. The van der Waals surface area contributed by atoms with Gasteiger partial charge in [0, 0.05) is 17.3 Å². The second-order valence-corrected chi connectivity index (χ2v) is 8.79. The Bertz CT molecular complexity index is 697. The van der Waals surface area contributed by atoms with E-state index in [0.29, 0.717) is 5.13 Å². The monoisotopic (exact) mass is 366 g/mol. The molecule has 1 aromatic carbocycles. The SMILES string of the molecule is COc1cccc(Nc2nnc(SC(C)C(=O)NC(C)(C)C)s2)c1. The number of aromatic nitrogens is 2. The van der Waals surface area contributed by atoms with Crippen LogP contribution in [0.25, 0.3) is 0 Å². The van der Waals surface area contributed by atoms with Gasteiger partial charge in [0.15, 0.2) is 4.34 Å². The van der Waals surface area contributed by atoms with E-state index >= 15 is 0 Å². The van der Waals surface area contributed by atoms with E-state index in [9.17, 15) is 4.79 Å². The molecule has 0 saturated carbocycles. The molecule has 6 nitrogen and oxygen atoms in total. The number of thioether (sulfide) groups is 1. The Labute approximate surface area is 150 Å². The Morgan fingerprint density at radius 2 is 2.08 bits per heavy atom. The van der Waals surface area contributed by atoms with Crippen LogP contribution < -0.4 is 15.4 Å². The van der Waals surface area contributed by atoms with Crippen LogP contribution in [0, 0.1) is 0 Å². The summed E-state index contributed by atoms with van der Waals surface area (Å²) in [5, 5.41) is 14.8. The zero-order valence-electron chi connectivity index (χ0n) is 14.4. The molecule has 0 radical (unpaired) electrons. The molecule has 0 aliphatic rings. The van der Waals surface area contributed by atoms with Crippen molar-refractivity contribution in [1.82, 2.24) is 15.5 Å². The van der Waals surface area contributed by atoms with Crippen LogP contribution in [0.4, 0.5) is 10.8 Å². The third-order valence-electron chi connectivity index (χ3n) is 2.87. The molecule has 1 unspecified atom stereocenters. The van der Waals surface area contributed by atoms with Gasteiger partial charge >= 0.3 is 0 Å². The average molecular weight is 367 g/mol. The maximum Gasteiger partial charge on any atom is 0.233 e. The number of hydrogen-bond acceptors (Lipinski definition) is 7. The van der Waals surface area contributed by atoms with E-state index in [0.717, 1.165) is 15.8 Å². The van der Waals surface area contributed by atoms with Crippen LogP contribution in [-0.2, 0) is 4.79 Å². The topological polar surface area (TPSA) is 76.1 Å². The van der Waals surface area contributed by atoms with Crippen molar-refractivity contribution in [1.29, 1.82) is 0 Å². The van der Waals surface area contributed by atoms with Crippen molar-refractivity contribution < 1.29 is 9.53 Å². The van der Waals surface area contributed by atoms with Crippen molar-refractivity contribution in [2.45, 2.75) is 42.8 Å². The molecule has 0 fully saturated rings. The molecule has 1 aromatic heterocycles. The van der Waals surface area contributed by atoms with E-state index in [1.165, 1.54) is 23.1 Å². The van der Waals surface area contributed by atoms with Crippen molar-refractivity contribution in [2.24, 2.45) is 0 Å². The third-order valence-corrected chi connectivity index (χ3v) is 4.90. The highest BCUT2D eigenvalue weighted by Gasteiger charge is 2.21. The lowest BCUT2D eigenvalue weighted by Crippen LogP contribution is -2.44. The normalized spacial score (nSPS) is 12.5. The summed E-state index contributed by atoms with van der Waals surface area (Å²) in [5.41, 5.74) is 0.632. The van der Waals surface area contributed by atoms with Crippen LogP contribution in [0.5, 0.6) is 5.75 Å². The number of methoxy groups -OCH3 is 1. The summed E-state index contributed by atoms with van der Waals surface area (Å²) in [6, 6.07) is 7.59. The van der Waals surface area contributed by atoms with Crippen molar-refractivity contribution in [3.8, 4) is 5.75 Å². The first-order valence-corrected chi connectivity index (χ1v) is 9.20. The van der Waals surface area contributed by atoms with Crippen LogP contribution >= 0.6 is 23.1 Å². The Morgan fingerprint density at radius 1 is 1.33 bits per heavy atom. The van der Waals surface area contributed by atoms with Gasteiger partial charge < -0.3 is 15.4 Å². The molecule has 8 heteroatoms. The molecule has 0 aliphatic heterocycles. The number of nitrogens with one attached hydrogen (secondary N) is 2. The number of ether oxygens (including phenoxy) is 1.